The lowest BCUT2D eigenvalue weighted by atomic mass is 10.1. The maximum atomic E-state index is 11.8. The van der Waals surface area contributed by atoms with Gasteiger partial charge in [-0.3, -0.25) is 4.79 Å². The summed E-state index contributed by atoms with van der Waals surface area (Å²) in [6, 6.07) is 7.63. The fourth-order valence-corrected chi connectivity index (χ4v) is 1.72. The number of carbonyl (C=O) groups is 1. The molecule has 3 nitrogen and oxygen atoms in total. The number of halogens is 1. The summed E-state index contributed by atoms with van der Waals surface area (Å²) in [6.45, 7) is 3.91. The van der Waals surface area contributed by atoms with Crippen LogP contribution in [-0.2, 0) is 4.79 Å². The minimum Gasteiger partial charge on any atom is -0.496 e. The average Bonchev–Trinajstić information content (AvgIpc) is 2.37. The van der Waals surface area contributed by atoms with Gasteiger partial charge in [-0.2, -0.15) is 0 Å². The highest BCUT2D eigenvalue weighted by atomic mass is 79.9. The van der Waals surface area contributed by atoms with E-state index in [1.807, 2.05) is 38.1 Å². The summed E-state index contributed by atoms with van der Waals surface area (Å²) >= 11 is 3.34. The molecular formula is C13H18BrNO2. The van der Waals surface area contributed by atoms with Crippen LogP contribution in [0.5, 0.6) is 5.75 Å². The SMILES string of the molecule is CCC(Br)C(=O)N[C@@H](C)c1ccccc1OC. The van der Waals surface area contributed by atoms with Gasteiger partial charge in [0, 0.05) is 5.56 Å². The number of hydrogen-bond acceptors (Lipinski definition) is 2. The Kier molecular flexibility index (Phi) is 5.48. The summed E-state index contributed by atoms with van der Waals surface area (Å²) in [5, 5.41) is 2.96. The number of nitrogens with one attached hydrogen (secondary N) is 1. The monoisotopic (exact) mass is 299 g/mol. The fourth-order valence-electron chi connectivity index (χ4n) is 1.59. The Bertz CT molecular complexity index is 381. The highest BCUT2D eigenvalue weighted by molar-refractivity contribution is 9.10. The van der Waals surface area contributed by atoms with Crippen LogP contribution < -0.4 is 10.1 Å². The number of para-hydroxylation sites is 1. The zero-order chi connectivity index (χ0) is 12.8. The first-order chi connectivity index (χ1) is 8.10. The Hall–Kier alpha value is -1.03. The lowest BCUT2D eigenvalue weighted by molar-refractivity contribution is -0.121. The predicted molar refractivity (Wildman–Crippen MR) is 72.6 cm³/mol. The molecular weight excluding hydrogens is 282 g/mol. The van der Waals surface area contributed by atoms with Crippen molar-refractivity contribution < 1.29 is 9.53 Å². The highest BCUT2D eigenvalue weighted by Gasteiger charge is 2.17. The number of rotatable bonds is 5. The second kappa shape index (κ2) is 6.64. The number of alkyl halides is 1. The van der Waals surface area contributed by atoms with Crippen LogP contribution in [-0.4, -0.2) is 17.8 Å². The fraction of sp³-hybridized carbons (Fsp3) is 0.462. The molecule has 0 aliphatic carbocycles. The Labute approximate surface area is 111 Å². The van der Waals surface area contributed by atoms with E-state index in [2.05, 4.69) is 21.2 Å². The summed E-state index contributed by atoms with van der Waals surface area (Å²) < 4.78 is 5.27. The molecule has 4 heteroatoms. The topological polar surface area (TPSA) is 38.3 Å². The van der Waals surface area contributed by atoms with E-state index >= 15 is 0 Å². The predicted octanol–water partition coefficient (Wildman–Crippen LogP) is 3.05. The standard InChI is InChI=1S/C13H18BrNO2/c1-4-11(14)13(16)15-9(2)10-7-5-6-8-12(10)17-3/h5-9,11H,4H2,1-3H3,(H,15,16)/t9-,11?/m0/s1. The molecule has 1 rings (SSSR count). The van der Waals surface area contributed by atoms with Crippen LogP contribution in [0, 0.1) is 0 Å². The number of benzene rings is 1. The van der Waals surface area contributed by atoms with Gasteiger partial charge in [0.05, 0.1) is 18.0 Å². The second-order valence-corrected chi connectivity index (χ2v) is 4.95. The third-order valence-electron chi connectivity index (χ3n) is 2.61. The average molecular weight is 300 g/mol. The first-order valence-electron chi connectivity index (χ1n) is 5.67. The number of carbonyl (C=O) groups excluding carboxylic acids is 1. The van der Waals surface area contributed by atoms with Gasteiger partial charge in [0.15, 0.2) is 0 Å². The van der Waals surface area contributed by atoms with Crippen LogP contribution in [0.1, 0.15) is 31.9 Å². The lowest BCUT2D eigenvalue weighted by Crippen LogP contribution is -2.33. The van der Waals surface area contributed by atoms with Crippen LogP contribution in [0.3, 0.4) is 0 Å². The van der Waals surface area contributed by atoms with E-state index in [1.54, 1.807) is 7.11 Å². The molecule has 0 heterocycles. The van der Waals surface area contributed by atoms with Crippen LogP contribution in [0.4, 0.5) is 0 Å². The Morgan fingerprint density at radius 2 is 2.12 bits per heavy atom. The molecule has 1 unspecified atom stereocenters. The van der Waals surface area contributed by atoms with Gasteiger partial charge in [-0.15, -0.1) is 0 Å². The summed E-state index contributed by atoms with van der Waals surface area (Å²) in [4.78, 5) is 11.6. The molecule has 1 aromatic carbocycles. The molecule has 1 N–H and O–H groups in total. The van der Waals surface area contributed by atoms with E-state index in [0.717, 1.165) is 17.7 Å². The van der Waals surface area contributed by atoms with Crippen molar-refractivity contribution in [3.63, 3.8) is 0 Å². The molecule has 17 heavy (non-hydrogen) atoms. The zero-order valence-electron chi connectivity index (χ0n) is 10.4. The minimum absolute atomic E-state index is 0.00547. The second-order valence-electron chi connectivity index (χ2n) is 3.85. The first kappa shape index (κ1) is 14.0. The number of hydrogen-bond donors (Lipinski definition) is 1. The van der Waals surface area contributed by atoms with Crippen molar-refractivity contribution in [3.05, 3.63) is 29.8 Å². The first-order valence-corrected chi connectivity index (χ1v) is 6.59. The molecule has 0 aromatic heterocycles. The van der Waals surface area contributed by atoms with Crippen molar-refractivity contribution in [3.8, 4) is 5.75 Å². The number of methoxy groups -OCH3 is 1. The number of amides is 1. The van der Waals surface area contributed by atoms with Gasteiger partial charge in [-0.05, 0) is 19.4 Å². The van der Waals surface area contributed by atoms with Gasteiger partial charge in [0.2, 0.25) is 5.91 Å². The molecule has 94 valence electrons. The van der Waals surface area contributed by atoms with Crippen LogP contribution in [0.25, 0.3) is 0 Å². The molecule has 0 spiro atoms. The summed E-state index contributed by atoms with van der Waals surface area (Å²) in [5.41, 5.74) is 0.985. The molecule has 1 amide bonds. The van der Waals surface area contributed by atoms with Crippen LogP contribution in [0.15, 0.2) is 24.3 Å². The van der Waals surface area contributed by atoms with E-state index in [9.17, 15) is 4.79 Å². The van der Waals surface area contributed by atoms with E-state index in [0.29, 0.717) is 0 Å². The summed E-state index contributed by atoms with van der Waals surface area (Å²) in [6.07, 6.45) is 0.768. The van der Waals surface area contributed by atoms with E-state index in [4.69, 9.17) is 4.74 Å². The van der Waals surface area contributed by atoms with Crippen molar-refractivity contribution >= 4 is 21.8 Å². The van der Waals surface area contributed by atoms with E-state index in [-0.39, 0.29) is 16.8 Å². The maximum absolute atomic E-state index is 11.8. The van der Waals surface area contributed by atoms with Crippen molar-refractivity contribution in [1.82, 2.24) is 5.32 Å². The molecule has 0 saturated carbocycles. The molecule has 0 aliphatic rings. The van der Waals surface area contributed by atoms with E-state index in [1.165, 1.54) is 0 Å². The normalized spacial score (nSPS) is 13.9. The summed E-state index contributed by atoms with van der Waals surface area (Å²) in [5.74, 6) is 0.800. The maximum Gasteiger partial charge on any atom is 0.234 e. The molecule has 0 saturated heterocycles. The quantitative estimate of drug-likeness (QED) is 0.849. The van der Waals surface area contributed by atoms with Gasteiger partial charge in [0.1, 0.15) is 5.75 Å². The van der Waals surface area contributed by atoms with Crippen LogP contribution in [0.2, 0.25) is 0 Å². The highest BCUT2D eigenvalue weighted by Crippen LogP contribution is 2.24. The van der Waals surface area contributed by atoms with Gasteiger partial charge in [-0.25, -0.2) is 0 Å². The van der Waals surface area contributed by atoms with Gasteiger partial charge < -0.3 is 10.1 Å². The Morgan fingerprint density at radius 3 is 2.71 bits per heavy atom. The summed E-state index contributed by atoms with van der Waals surface area (Å²) in [7, 11) is 1.63. The van der Waals surface area contributed by atoms with Gasteiger partial charge in [-0.1, -0.05) is 41.1 Å². The van der Waals surface area contributed by atoms with Crippen molar-refractivity contribution in [2.24, 2.45) is 0 Å². The largest absolute Gasteiger partial charge is 0.496 e. The molecule has 0 fully saturated rings. The van der Waals surface area contributed by atoms with Gasteiger partial charge in [0.25, 0.3) is 0 Å². The van der Waals surface area contributed by atoms with Crippen molar-refractivity contribution in [2.75, 3.05) is 7.11 Å². The minimum atomic E-state index is -0.139. The third-order valence-corrected chi connectivity index (χ3v) is 3.67. The van der Waals surface area contributed by atoms with Crippen molar-refractivity contribution in [1.29, 1.82) is 0 Å². The molecule has 2 atom stereocenters. The van der Waals surface area contributed by atoms with Gasteiger partial charge >= 0.3 is 0 Å². The Morgan fingerprint density at radius 1 is 1.47 bits per heavy atom. The number of ether oxygens (including phenoxy) is 1. The Balaban J connectivity index is 2.76. The van der Waals surface area contributed by atoms with Crippen molar-refractivity contribution in [2.45, 2.75) is 31.1 Å². The molecule has 1 aromatic rings. The van der Waals surface area contributed by atoms with E-state index < -0.39 is 0 Å². The van der Waals surface area contributed by atoms with Crippen LogP contribution >= 0.6 is 15.9 Å². The molecule has 0 radical (unpaired) electrons. The molecule has 0 bridgehead atoms. The smallest absolute Gasteiger partial charge is 0.234 e. The zero-order valence-corrected chi connectivity index (χ0v) is 12.0. The lowest BCUT2D eigenvalue weighted by Gasteiger charge is -2.18. The molecule has 0 aliphatic heterocycles. The third kappa shape index (κ3) is 3.73.